The van der Waals surface area contributed by atoms with Crippen molar-refractivity contribution in [3.8, 4) is 17.5 Å². The smallest absolute Gasteiger partial charge is 0.336 e. The number of anilines is 1. The average Bonchev–Trinajstić information content (AvgIpc) is 2.99. The minimum atomic E-state index is -4.35. The van der Waals surface area contributed by atoms with Gasteiger partial charge in [-0.1, -0.05) is 12.1 Å². The molecule has 1 aromatic carbocycles. The van der Waals surface area contributed by atoms with E-state index in [0.717, 1.165) is 23.4 Å². The Balaban J connectivity index is 2.01. The fourth-order valence-corrected chi connectivity index (χ4v) is 3.20. The Morgan fingerprint density at radius 1 is 1.14 bits per heavy atom. The Kier molecular flexibility index (Phi) is 5.53. The van der Waals surface area contributed by atoms with Crippen molar-refractivity contribution in [1.29, 1.82) is 5.26 Å². The van der Waals surface area contributed by atoms with Gasteiger partial charge in [0.05, 0.1) is 34.4 Å². The molecule has 29 heavy (non-hydrogen) atoms. The first kappa shape index (κ1) is 20.7. The van der Waals surface area contributed by atoms with Gasteiger partial charge in [0, 0.05) is 11.4 Å². The Labute approximate surface area is 167 Å². The van der Waals surface area contributed by atoms with Gasteiger partial charge in [0.1, 0.15) is 12.1 Å². The lowest BCUT2D eigenvalue weighted by Crippen LogP contribution is -2.42. The van der Waals surface area contributed by atoms with Crippen LogP contribution in [-0.4, -0.2) is 21.8 Å². The van der Waals surface area contributed by atoms with E-state index in [4.69, 9.17) is 0 Å². The van der Waals surface area contributed by atoms with Crippen LogP contribution in [0.5, 0.6) is 0 Å². The number of hydrogen-bond acceptors (Lipinski definition) is 4. The number of benzene rings is 1. The highest BCUT2D eigenvalue weighted by Gasteiger charge is 2.35. The quantitative estimate of drug-likeness (QED) is 0.567. The van der Waals surface area contributed by atoms with Gasteiger partial charge in [0.2, 0.25) is 0 Å². The second-order valence-corrected chi connectivity index (χ2v) is 7.28. The number of nitrogens with one attached hydrogen (secondary N) is 2. The van der Waals surface area contributed by atoms with Crippen LogP contribution in [0.1, 0.15) is 37.9 Å². The third-order valence-corrected chi connectivity index (χ3v) is 4.72. The first-order valence-corrected chi connectivity index (χ1v) is 9.22. The molecule has 3 aromatic rings. The molecule has 0 saturated heterocycles. The summed E-state index contributed by atoms with van der Waals surface area (Å²) in [5.41, 5.74) is 8.98. The number of nitriles is 1. The topological polar surface area (TPSA) is 65.7 Å². The number of nitrogens with zero attached hydrogens (tertiary/aromatic N) is 3. The summed E-state index contributed by atoms with van der Waals surface area (Å²) >= 11 is 0. The SMILES string of the molecule is Cc1ccc2c(C#N)c(-c3ccc(NN[C@H](C)C(F)(F)F)cn3)n(C(C)C)c2c1. The third-order valence-electron chi connectivity index (χ3n) is 4.72. The molecule has 1 atom stereocenters. The molecule has 5 nitrogen and oxygen atoms in total. The highest BCUT2D eigenvalue weighted by molar-refractivity contribution is 5.94. The molecule has 0 bridgehead atoms. The van der Waals surface area contributed by atoms with Gasteiger partial charge in [-0.15, -0.1) is 0 Å². The van der Waals surface area contributed by atoms with Crippen molar-refractivity contribution in [3.05, 3.63) is 47.7 Å². The van der Waals surface area contributed by atoms with Crippen LogP contribution in [0.3, 0.4) is 0 Å². The predicted molar refractivity (Wildman–Crippen MR) is 107 cm³/mol. The van der Waals surface area contributed by atoms with Crippen molar-refractivity contribution in [2.75, 3.05) is 5.43 Å². The molecule has 0 unspecified atom stereocenters. The number of halogens is 3. The second kappa shape index (κ2) is 7.76. The van der Waals surface area contributed by atoms with Gasteiger partial charge in [0.25, 0.3) is 0 Å². The molecule has 2 N–H and O–H groups in total. The van der Waals surface area contributed by atoms with E-state index in [0.29, 0.717) is 22.6 Å². The number of aryl methyl sites for hydroxylation is 1. The van der Waals surface area contributed by atoms with E-state index in [1.807, 2.05) is 39.0 Å². The number of fused-ring (bicyclic) bond motifs is 1. The van der Waals surface area contributed by atoms with Crippen molar-refractivity contribution in [2.24, 2.45) is 0 Å². The molecule has 0 aliphatic rings. The summed E-state index contributed by atoms with van der Waals surface area (Å²) in [7, 11) is 0. The highest BCUT2D eigenvalue weighted by atomic mass is 19.4. The molecule has 0 amide bonds. The third kappa shape index (κ3) is 4.05. The largest absolute Gasteiger partial charge is 0.405 e. The Hall–Kier alpha value is -3.05. The molecule has 2 aromatic heterocycles. The number of alkyl halides is 3. The summed E-state index contributed by atoms with van der Waals surface area (Å²) in [4.78, 5) is 4.40. The zero-order valence-corrected chi connectivity index (χ0v) is 16.6. The minimum absolute atomic E-state index is 0.0882. The summed E-state index contributed by atoms with van der Waals surface area (Å²) in [5.74, 6) is 0. The van der Waals surface area contributed by atoms with Crippen molar-refractivity contribution in [2.45, 2.75) is 46.0 Å². The Bertz CT molecular complexity index is 1060. The molecule has 0 saturated carbocycles. The molecule has 0 spiro atoms. The maximum absolute atomic E-state index is 12.6. The lowest BCUT2D eigenvalue weighted by atomic mass is 10.1. The van der Waals surface area contributed by atoms with Crippen LogP contribution in [0, 0.1) is 18.3 Å². The van der Waals surface area contributed by atoms with Crippen LogP contribution in [0.2, 0.25) is 0 Å². The Morgan fingerprint density at radius 3 is 2.41 bits per heavy atom. The van der Waals surface area contributed by atoms with Crippen molar-refractivity contribution < 1.29 is 13.2 Å². The van der Waals surface area contributed by atoms with Gasteiger partial charge in [0.15, 0.2) is 0 Å². The molecule has 0 fully saturated rings. The number of aromatic nitrogens is 2. The number of rotatable bonds is 5. The molecular weight excluding hydrogens is 379 g/mol. The second-order valence-electron chi connectivity index (χ2n) is 7.28. The van der Waals surface area contributed by atoms with E-state index in [1.165, 1.54) is 6.20 Å². The van der Waals surface area contributed by atoms with Crippen molar-refractivity contribution >= 4 is 16.6 Å². The minimum Gasteiger partial charge on any atom is -0.336 e. The molecular formula is C21H22F3N5. The first-order chi connectivity index (χ1) is 13.6. The van der Waals surface area contributed by atoms with Gasteiger partial charge < -0.3 is 9.99 Å². The summed E-state index contributed by atoms with van der Waals surface area (Å²) in [6, 6.07) is 9.94. The zero-order chi connectivity index (χ0) is 21.3. The van der Waals surface area contributed by atoms with Crippen LogP contribution >= 0.6 is 0 Å². The normalized spacial score (nSPS) is 12.9. The maximum Gasteiger partial charge on any atom is 0.405 e. The fourth-order valence-electron chi connectivity index (χ4n) is 3.20. The van der Waals surface area contributed by atoms with Gasteiger partial charge in [-0.3, -0.25) is 4.98 Å². The highest BCUT2D eigenvalue weighted by Crippen LogP contribution is 2.35. The van der Waals surface area contributed by atoms with Crippen LogP contribution in [0.15, 0.2) is 36.5 Å². The first-order valence-electron chi connectivity index (χ1n) is 9.22. The predicted octanol–water partition coefficient (Wildman–Crippen LogP) is 5.33. The lowest BCUT2D eigenvalue weighted by molar-refractivity contribution is -0.150. The van der Waals surface area contributed by atoms with E-state index in [2.05, 4.69) is 26.5 Å². The zero-order valence-electron chi connectivity index (χ0n) is 16.6. The number of hydrazine groups is 1. The molecule has 8 heteroatoms. The van der Waals surface area contributed by atoms with E-state index in [-0.39, 0.29) is 6.04 Å². The van der Waals surface area contributed by atoms with E-state index in [9.17, 15) is 18.4 Å². The molecule has 0 aliphatic heterocycles. The van der Waals surface area contributed by atoms with Crippen LogP contribution in [0.25, 0.3) is 22.3 Å². The molecule has 0 aliphatic carbocycles. The summed E-state index contributed by atoms with van der Waals surface area (Å²) in [6.45, 7) is 7.09. The van der Waals surface area contributed by atoms with Crippen LogP contribution in [0.4, 0.5) is 18.9 Å². The summed E-state index contributed by atoms with van der Waals surface area (Å²) in [5, 5.41) is 10.7. The molecule has 152 valence electrons. The fraction of sp³-hybridized carbons (Fsp3) is 0.333. The molecule has 2 heterocycles. The number of pyridine rings is 1. The molecule has 3 rings (SSSR count). The van der Waals surface area contributed by atoms with Crippen LogP contribution < -0.4 is 10.9 Å². The average molecular weight is 401 g/mol. The van der Waals surface area contributed by atoms with Crippen molar-refractivity contribution in [3.63, 3.8) is 0 Å². The standard InChI is InChI=1S/C21H22F3N5/c1-12(2)29-19-9-13(3)5-7-16(19)17(10-25)20(29)18-8-6-15(11-26-18)28-27-14(4)21(22,23)24/h5-9,11-12,14,27-28H,1-4H3/t14-/m1/s1. The monoisotopic (exact) mass is 401 g/mol. The summed E-state index contributed by atoms with van der Waals surface area (Å²) < 4.78 is 39.9. The van der Waals surface area contributed by atoms with Gasteiger partial charge in [-0.05, 0) is 51.5 Å². The van der Waals surface area contributed by atoms with Gasteiger partial charge in [-0.25, -0.2) is 5.43 Å². The van der Waals surface area contributed by atoms with E-state index < -0.39 is 12.2 Å². The maximum atomic E-state index is 12.6. The van der Waals surface area contributed by atoms with Gasteiger partial charge in [-0.2, -0.15) is 18.4 Å². The van der Waals surface area contributed by atoms with Gasteiger partial charge >= 0.3 is 6.18 Å². The van der Waals surface area contributed by atoms with Crippen LogP contribution in [-0.2, 0) is 0 Å². The Morgan fingerprint density at radius 2 is 1.86 bits per heavy atom. The van der Waals surface area contributed by atoms with Crippen molar-refractivity contribution in [1.82, 2.24) is 15.0 Å². The molecule has 0 radical (unpaired) electrons. The van der Waals surface area contributed by atoms with E-state index in [1.54, 1.807) is 12.1 Å². The van der Waals surface area contributed by atoms with E-state index >= 15 is 0 Å². The lowest BCUT2D eigenvalue weighted by Gasteiger charge is -2.18. The number of hydrogen-bond donors (Lipinski definition) is 2. The summed E-state index contributed by atoms with van der Waals surface area (Å²) in [6.07, 6.45) is -2.90.